The summed E-state index contributed by atoms with van der Waals surface area (Å²) in [5, 5.41) is 4.96. The van der Waals surface area contributed by atoms with Gasteiger partial charge in [0.25, 0.3) is 0 Å². The zero-order valence-electron chi connectivity index (χ0n) is 15.4. The molecule has 2 N–H and O–H groups in total. The highest BCUT2D eigenvalue weighted by atomic mass is 32.1. The van der Waals surface area contributed by atoms with Crippen LogP contribution in [-0.4, -0.2) is 48.4 Å². The average Bonchev–Trinajstić information content (AvgIpc) is 2.83. The lowest BCUT2D eigenvalue weighted by molar-refractivity contribution is -0.953. The van der Waals surface area contributed by atoms with Crippen molar-refractivity contribution in [3.8, 4) is 0 Å². The highest BCUT2D eigenvalue weighted by Crippen LogP contribution is 2.37. The minimum absolute atomic E-state index is 0.161. The van der Waals surface area contributed by atoms with Crippen molar-refractivity contribution < 1.29 is 9.64 Å². The molecule has 0 spiro atoms. The number of morpholine rings is 1. The molecule has 2 aromatic rings. The van der Waals surface area contributed by atoms with E-state index in [0.29, 0.717) is 0 Å². The Morgan fingerprint density at radius 2 is 1.96 bits per heavy atom. The average molecular weight is 362 g/mol. The van der Waals surface area contributed by atoms with E-state index in [4.69, 9.17) is 4.74 Å². The van der Waals surface area contributed by atoms with Crippen molar-refractivity contribution in [2.75, 3.05) is 38.2 Å². The van der Waals surface area contributed by atoms with E-state index in [1.807, 2.05) is 11.3 Å². The predicted molar refractivity (Wildman–Crippen MR) is 103 cm³/mol. The molecule has 0 aromatic carbocycles. The third-order valence-electron chi connectivity index (χ3n) is 5.75. The van der Waals surface area contributed by atoms with Crippen molar-refractivity contribution in [2.45, 2.75) is 51.5 Å². The summed E-state index contributed by atoms with van der Waals surface area (Å²) in [5.74, 6) is 1.03. The second-order valence-electron chi connectivity index (χ2n) is 7.92. The summed E-state index contributed by atoms with van der Waals surface area (Å²) in [5.41, 5.74) is 1.67. The largest absolute Gasteiger partial charge is 0.370 e. The van der Waals surface area contributed by atoms with Crippen LogP contribution in [0.5, 0.6) is 0 Å². The van der Waals surface area contributed by atoms with Gasteiger partial charge >= 0.3 is 0 Å². The zero-order valence-corrected chi connectivity index (χ0v) is 16.2. The molecule has 4 rings (SSSR count). The molecule has 25 heavy (non-hydrogen) atoms. The molecule has 3 heterocycles. The number of aromatic nitrogens is 2. The fraction of sp³-hybridized carbons (Fsp3) is 0.684. The molecule has 0 atom stereocenters. The molecule has 1 aliphatic carbocycles. The fourth-order valence-corrected chi connectivity index (χ4v) is 5.35. The topological polar surface area (TPSA) is 51.5 Å². The first kappa shape index (κ1) is 17.2. The number of nitrogens with one attached hydrogen (secondary N) is 2. The molecule has 0 bridgehead atoms. The molecule has 136 valence electrons. The molecule has 0 amide bonds. The second kappa shape index (κ2) is 7.17. The van der Waals surface area contributed by atoms with E-state index in [2.05, 4.69) is 29.1 Å². The molecule has 0 unspecified atom stereocenters. The Morgan fingerprint density at radius 3 is 2.80 bits per heavy atom. The second-order valence-corrected chi connectivity index (χ2v) is 9.00. The normalized spacial score (nSPS) is 19.6. The van der Waals surface area contributed by atoms with Crippen LogP contribution in [0.15, 0.2) is 6.33 Å². The van der Waals surface area contributed by atoms with E-state index in [9.17, 15) is 0 Å². The number of hydrogen-bond donors (Lipinski definition) is 2. The highest BCUT2D eigenvalue weighted by Gasteiger charge is 2.32. The van der Waals surface area contributed by atoms with Crippen LogP contribution in [0.4, 0.5) is 5.82 Å². The molecule has 1 fully saturated rings. The summed E-state index contributed by atoms with van der Waals surface area (Å²) in [6.07, 6.45) is 8.04. The number of anilines is 1. The predicted octanol–water partition coefficient (Wildman–Crippen LogP) is 2.07. The van der Waals surface area contributed by atoms with Gasteiger partial charge in [-0.25, -0.2) is 9.97 Å². The summed E-state index contributed by atoms with van der Waals surface area (Å²) in [7, 11) is 0. The lowest BCUT2D eigenvalue weighted by Crippen LogP contribution is -3.21. The van der Waals surface area contributed by atoms with E-state index in [1.54, 1.807) is 11.2 Å². The maximum atomic E-state index is 5.52. The van der Waals surface area contributed by atoms with E-state index in [0.717, 1.165) is 43.5 Å². The minimum atomic E-state index is 0.161. The lowest BCUT2D eigenvalue weighted by atomic mass is 10.0. The molecule has 2 aliphatic rings. The molecule has 5 nitrogen and oxygen atoms in total. The lowest BCUT2D eigenvalue weighted by Gasteiger charge is -2.37. The Morgan fingerprint density at radius 1 is 1.16 bits per heavy atom. The Balaban J connectivity index is 1.58. The molecular formula is C19H29N4OS+. The summed E-state index contributed by atoms with van der Waals surface area (Å²) >= 11 is 1.88. The van der Waals surface area contributed by atoms with Gasteiger partial charge in [-0.3, -0.25) is 0 Å². The molecule has 0 radical (unpaired) electrons. The number of nitrogens with zero attached hydrogens (tertiary/aromatic N) is 2. The van der Waals surface area contributed by atoms with Gasteiger partial charge in [-0.2, -0.15) is 0 Å². The van der Waals surface area contributed by atoms with Gasteiger partial charge in [-0.1, -0.05) is 6.42 Å². The van der Waals surface area contributed by atoms with Crippen molar-refractivity contribution in [2.24, 2.45) is 0 Å². The van der Waals surface area contributed by atoms with Crippen LogP contribution in [0.1, 0.15) is 43.6 Å². The minimum Gasteiger partial charge on any atom is -0.370 e. The van der Waals surface area contributed by atoms with Gasteiger partial charge in [-0.05, 0) is 45.1 Å². The fourth-order valence-electron chi connectivity index (χ4n) is 4.13. The number of rotatable bonds is 4. The number of aryl methyl sites for hydroxylation is 2. The van der Waals surface area contributed by atoms with E-state index >= 15 is 0 Å². The monoisotopic (exact) mass is 361 g/mol. The zero-order chi connectivity index (χ0) is 17.3. The number of fused-ring (bicyclic) bond motifs is 3. The first-order valence-corrected chi connectivity index (χ1v) is 10.4. The van der Waals surface area contributed by atoms with Crippen molar-refractivity contribution in [1.82, 2.24) is 9.97 Å². The van der Waals surface area contributed by atoms with Crippen LogP contribution in [-0.2, 0) is 17.6 Å². The van der Waals surface area contributed by atoms with Crippen LogP contribution in [0.3, 0.4) is 0 Å². The Kier molecular flexibility index (Phi) is 4.93. The third kappa shape index (κ3) is 3.52. The van der Waals surface area contributed by atoms with Gasteiger partial charge < -0.3 is 15.0 Å². The van der Waals surface area contributed by atoms with Crippen molar-refractivity contribution >= 4 is 27.4 Å². The van der Waals surface area contributed by atoms with E-state index < -0.39 is 0 Å². The quantitative estimate of drug-likeness (QED) is 0.819. The number of thiophene rings is 1. The summed E-state index contributed by atoms with van der Waals surface area (Å²) in [4.78, 5) is 13.5. The van der Waals surface area contributed by atoms with Crippen molar-refractivity contribution in [3.05, 3.63) is 16.8 Å². The van der Waals surface area contributed by atoms with Crippen LogP contribution in [0.25, 0.3) is 10.2 Å². The first-order valence-electron chi connectivity index (χ1n) is 9.57. The van der Waals surface area contributed by atoms with Gasteiger partial charge in [-0.15, -0.1) is 11.3 Å². The van der Waals surface area contributed by atoms with Crippen LogP contribution in [0, 0.1) is 0 Å². The molecular weight excluding hydrogens is 332 g/mol. The number of ether oxygens (including phenoxy) is 1. The maximum absolute atomic E-state index is 5.52. The van der Waals surface area contributed by atoms with Crippen molar-refractivity contribution in [3.63, 3.8) is 0 Å². The van der Waals surface area contributed by atoms with Gasteiger partial charge in [0.15, 0.2) is 0 Å². The molecule has 0 saturated carbocycles. The third-order valence-corrected chi connectivity index (χ3v) is 6.95. The molecule has 1 saturated heterocycles. The summed E-state index contributed by atoms with van der Waals surface area (Å²) in [6.45, 7) is 9.51. The molecule has 1 aliphatic heterocycles. The standard InChI is InChI=1S/C19H28N4OS/c1-19(2,23-8-10-24-11-9-23)12-20-17-16-14-6-4-3-5-7-15(14)25-18(16)22-13-21-17/h13H,3-12H2,1-2H3,(H,20,21,22)/p+1. The Bertz CT molecular complexity index is 736. The number of hydrogen-bond acceptors (Lipinski definition) is 5. The molecule has 2 aromatic heterocycles. The smallest absolute Gasteiger partial charge is 0.138 e. The van der Waals surface area contributed by atoms with Crippen LogP contribution >= 0.6 is 11.3 Å². The maximum Gasteiger partial charge on any atom is 0.138 e. The van der Waals surface area contributed by atoms with Crippen LogP contribution in [0.2, 0.25) is 0 Å². The summed E-state index contributed by atoms with van der Waals surface area (Å²) in [6, 6.07) is 0. The van der Waals surface area contributed by atoms with E-state index in [-0.39, 0.29) is 5.54 Å². The Labute approximate surface area is 153 Å². The number of quaternary nitrogens is 1. The first-order chi connectivity index (χ1) is 12.1. The van der Waals surface area contributed by atoms with Gasteiger partial charge in [0.1, 0.15) is 35.6 Å². The highest BCUT2D eigenvalue weighted by molar-refractivity contribution is 7.18. The molecule has 6 heteroatoms. The van der Waals surface area contributed by atoms with Gasteiger partial charge in [0.05, 0.1) is 25.1 Å². The Hall–Kier alpha value is -1.24. The van der Waals surface area contributed by atoms with Crippen LogP contribution < -0.4 is 10.2 Å². The van der Waals surface area contributed by atoms with Crippen molar-refractivity contribution in [1.29, 1.82) is 0 Å². The van der Waals surface area contributed by atoms with E-state index in [1.165, 1.54) is 47.9 Å². The van der Waals surface area contributed by atoms with Gasteiger partial charge in [0, 0.05) is 4.88 Å². The van der Waals surface area contributed by atoms with Gasteiger partial charge in [0.2, 0.25) is 0 Å². The summed E-state index contributed by atoms with van der Waals surface area (Å²) < 4.78 is 5.52. The SMILES string of the molecule is CC(C)(CNc1ncnc2sc3c(c12)CCCCC3)[NH+]1CCOCC1.